The zero-order valence-electron chi connectivity index (χ0n) is 10.9. The molecule has 2 N–H and O–H groups in total. The molecule has 102 valence electrons. The normalized spacial score (nSPS) is 15.8. The lowest BCUT2D eigenvalue weighted by atomic mass is 10.1. The highest BCUT2D eigenvalue weighted by Crippen LogP contribution is 2.33. The first-order chi connectivity index (χ1) is 9.06. The van der Waals surface area contributed by atoms with Crippen molar-refractivity contribution in [3.05, 3.63) is 29.6 Å². The number of nitrogens with zero attached hydrogens (tertiary/aromatic N) is 1. The minimum absolute atomic E-state index is 0.126. The molecule has 2 rings (SSSR count). The number of carbonyl (C=O) groups excluding carboxylic acids is 1. The second-order valence-electron chi connectivity index (χ2n) is 5.08. The molecular formula is C14H18N2O3. The predicted molar refractivity (Wildman–Crippen MR) is 69.6 cm³/mol. The van der Waals surface area contributed by atoms with Crippen LogP contribution in [0.4, 0.5) is 0 Å². The number of hydrogen-bond acceptors (Lipinski definition) is 3. The summed E-state index contributed by atoms with van der Waals surface area (Å²) < 4.78 is 0. The van der Waals surface area contributed by atoms with Crippen LogP contribution in [-0.4, -0.2) is 28.0 Å². The Morgan fingerprint density at radius 2 is 2.26 bits per heavy atom. The Labute approximate surface area is 112 Å². The van der Waals surface area contributed by atoms with Crippen LogP contribution in [0.2, 0.25) is 0 Å². The first-order valence-electron chi connectivity index (χ1n) is 6.49. The largest absolute Gasteiger partial charge is 0.480 e. The van der Waals surface area contributed by atoms with E-state index in [-0.39, 0.29) is 12.3 Å². The Morgan fingerprint density at radius 3 is 2.84 bits per heavy atom. The molecule has 0 spiro atoms. The van der Waals surface area contributed by atoms with E-state index in [9.17, 15) is 9.59 Å². The van der Waals surface area contributed by atoms with Crippen molar-refractivity contribution in [2.45, 2.75) is 38.6 Å². The summed E-state index contributed by atoms with van der Waals surface area (Å²) in [6.07, 6.45) is 4.43. The number of aliphatic carboxylic acids is 1. The highest BCUT2D eigenvalue weighted by atomic mass is 16.4. The van der Waals surface area contributed by atoms with Crippen molar-refractivity contribution in [2.75, 3.05) is 0 Å². The zero-order chi connectivity index (χ0) is 13.8. The number of nitrogens with one attached hydrogen (secondary N) is 1. The standard InChI is InChI=1S/C14H18N2O3/c1-9-3-2-6-15-11(9)8-13(17)16-12(14(18)19)7-10-4-5-10/h2-3,6,10,12H,4-5,7-8H2,1H3,(H,16,17)(H,18,19)/t12-/m0/s1. The number of carboxylic acid groups (broad SMARTS) is 1. The Morgan fingerprint density at radius 1 is 1.53 bits per heavy atom. The molecule has 5 heteroatoms. The van der Waals surface area contributed by atoms with Crippen molar-refractivity contribution in [3.63, 3.8) is 0 Å². The van der Waals surface area contributed by atoms with Gasteiger partial charge in [0.25, 0.3) is 0 Å². The molecule has 0 bridgehead atoms. The molecule has 0 aliphatic heterocycles. The maximum Gasteiger partial charge on any atom is 0.326 e. The maximum atomic E-state index is 11.9. The fourth-order valence-electron chi connectivity index (χ4n) is 2.01. The zero-order valence-corrected chi connectivity index (χ0v) is 10.9. The van der Waals surface area contributed by atoms with Crippen LogP contribution >= 0.6 is 0 Å². The molecule has 1 aliphatic rings. The quantitative estimate of drug-likeness (QED) is 0.810. The highest BCUT2D eigenvalue weighted by Gasteiger charge is 2.30. The number of amides is 1. The van der Waals surface area contributed by atoms with E-state index in [1.165, 1.54) is 0 Å². The van der Waals surface area contributed by atoms with Gasteiger partial charge in [0.1, 0.15) is 6.04 Å². The van der Waals surface area contributed by atoms with E-state index in [1.54, 1.807) is 6.20 Å². The van der Waals surface area contributed by atoms with Crippen molar-refractivity contribution in [1.29, 1.82) is 0 Å². The smallest absolute Gasteiger partial charge is 0.326 e. The van der Waals surface area contributed by atoms with E-state index in [0.717, 1.165) is 18.4 Å². The van der Waals surface area contributed by atoms with E-state index in [0.29, 0.717) is 18.0 Å². The van der Waals surface area contributed by atoms with Gasteiger partial charge in [-0.05, 0) is 30.9 Å². The van der Waals surface area contributed by atoms with Crippen LogP contribution in [0.1, 0.15) is 30.5 Å². The predicted octanol–water partition coefficient (Wildman–Crippen LogP) is 1.30. The van der Waals surface area contributed by atoms with Crippen LogP contribution in [0.5, 0.6) is 0 Å². The van der Waals surface area contributed by atoms with Gasteiger partial charge in [-0.1, -0.05) is 18.9 Å². The Balaban J connectivity index is 1.91. The van der Waals surface area contributed by atoms with Gasteiger partial charge >= 0.3 is 5.97 Å². The molecule has 19 heavy (non-hydrogen) atoms. The summed E-state index contributed by atoms with van der Waals surface area (Å²) in [5.74, 6) is -0.786. The molecule has 0 radical (unpaired) electrons. The molecule has 1 atom stereocenters. The summed E-state index contributed by atoms with van der Waals surface area (Å²) in [6.45, 7) is 1.88. The van der Waals surface area contributed by atoms with Crippen molar-refractivity contribution in [2.24, 2.45) is 5.92 Å². The van der Waals surface area contributed by atoms with Crippen LogP contribution in [-0.2, 0) is 16.0 Å². The summed E-state index contributed by atoms with van der Waals surface area (Å²) in [5, 5.41) is 11.7. The summed E-state index contributed by atoms with van der Waals surface area (Å²) >= 11 is 0. The topological polar surface area (TPSA) is 79.3 Å². The molecule has 1 amide bonds. The fraction of sp³-hybridized carbons (Fsp3) is 0.500. The molecule has 1 aromatic heterocycles. The van der Waals surface area contributed by atoms with Gasteiger partial charge in [-0.2, -0.15) is 0 Å². The van der Waals surface area contributed by atoms with Gasteiger partial charge in [0, 0.05) is 6.20 Å². The van der Waals surface area contributed by atoms with Gasteiger partial charge in [-0.25, -0.2) is 4.79 Å². The molecule has 1 saturated carbocycles. The van der Waals surface area contributed by atoms with Crippen molar-refractivity contribution >= 4 is 11.9 Å². The molecular weight excluding hydrogens is 244 g/mol. The molecule has 0 aromatic carbocycles. The van der Waals surface area contributed by atoms with Crippen LogP contribution < -0.4 is 5.32 Å². The fourth-order valence-corrected chi connectivity index (χ4v) is 2.01. The molecule has 0 unspecified atom stereocenters. The lowest BCUT2D eigenvalue weighted by Crippen LogP contribution is -2.42. The number of carbonyl (C=O) groups is 2. The van der Waals surface area contributed by atoms with Gasteiger partial charge in [0.2, 0.25) is 5.91 Å². The van der Waals surface area contributed by atoms with Crippen molar-refractivity contribution < 1.29 is 14.7 Å². The van der Waals surface area contributed by atoms with Gasteiger partial charge in [0.15, 0.2) is 0 Å². The monoisotopic (exact) mass is 262 g/mol. The number of rotatable bonds is 6. The second kappa shape index (κ2) is 5.82. The lowest BCUT2D eigenvalue weighted by Gasteiger charge is -2.14. The highest BCUT2D eigenvalue weighted by molar-refractivity contribution is 5.84. The average Bonchev–Trinajstić information content (AvgIpc) is 3.15. The second-order valence-corrected chi connectivity index (χ2v) is 5.08. The molecule has 1 heterocycles. The van der Waals surface area contributed by atoms with Gasteiger partial charge in [0.05, 0.1) is 12.1 Å². The third-order valence-electron chi connectivity index (χ3n) is 3.35. The van der Waals surface area contributed by atoms with E-state index < -0.39 is 12.0 Å². The lowest BCUT2D eigenvalue weighted by molar-refractivity contribution is -0.142. The number of carboxylic acids is 1. The number of hydrogen-bond donors (Lipinski definition) is 2. The summed E-state index contributed by atoms with van der Waals surface area (Å²) in [5.41, 5.74) is 1.63. The Kier molecular flexibility index (Phi) is 4.14. The minimum Gasteiger partial charge on any atom is -0.480 e. The first-order valence-corrected chi connectivity index (χ1v) is 6.49. The maximum absolute atomic E-state index is 11.9. The van der Waals surface area contributed by atoms with E-state index in [4.69, 9.17) is 5.11 Å². The van der Waals surface area contributed by atoms with E-state index in [2.05, 4.69) is 10.3 Å². The Hall–Kier alpha value is -1.91. The molecule has 1 fully saturated rings. The van der Waals surface area contributed by atoms with Crippen LogP contribution in [0.15, 0.2) is 18.3 Å². The van der Waals surface area contributed by atoms with Crippen molar-refractivity contribution in [1.82, 2.24) is 10.3 Å². The van der Waals surface area contributed by atoms with Gasteiger partial charge in [-0.15, -0.1) is 0 Å². The van der Waals surface area contributed by atoms with Crippen LogP contribution in [0.25, 0.3) is 0 Å². The number of pyridine rings is 1. The summed E-state index contributed by atoms with van der Waals surface area (Å²) in [6, 6.07) is 2.92. The molecule has 5 nitrogen and oxygen atoms in total. The first kappa shape index (κ1) is 13.5. The van der Waals surface area contributed by atoms with E-state index >= 15 is 0 Å². The minimum atomic E-state index is -0.960. The molecule has 1 aliphatic carbocycles. The SMILES string of the molecule is Cc1cccnc1CC(=O)N[C@@H](CC1CC1)C(=O)O. The molecule has 1 aromatic rings. The third-order valence-corrected chi connectivity index (χ3v) is 3.35. The number of aryl methyl sites for hydroxylation is 1. The van der Waals surface area contributed by atoms with Gasteiger partial charge < -0.3 is 10.4 Å². The van der Waals surface area contributed by atoms with Crippen LogP contribution in [0.3, 0.4) is 0 Å². The summed E-state index contributed by atoms with van der Waals surface area (Å²) in [4.78, 5) is 27.1. The van der Waals surface area contributed by atoms with E-state index in [1.807, 2.05) is 19.1 Å². The third kappa shape index (κ3) is 4.05. The summed E-state index contributed by atoms with van der Waals surface area (Å²) in [7, 11) is 0. The van der Waals surface area contributed by atoms with Crippen LogP contribution in [0, 0.1) is 12.8 Å². The van der Waals surface area contributed by atoms with Crippen molar-refractivity contribution in [3.8, 4) is 0 Å². The Bertz CT molecular complexity index is 483. The molecule has 0 saturated heterocycles. The number of aromatic nitrogens is 1. The average molecular weight is 262 g/mol. The van der Waals surface area contributed by atoms with Gasteiger partial charge in [-0.3, -0.25) is 9.78 Å².